The van der Waals surface area contributed by atoms with Crippen LogP contribution in [0.25, 0.3) is 11.0 Å². The normalized spacial score (nSPS) is 12.0. The molecule has 0 aliphatic carbocycles. The van der Waals surface area contributed by atoms with E-state index in [-0.39, 0.29) is 12.3 Å². The highest BCUT2D eigenvalue weighted by Crippen LogP contribution is 2.20. The zero-order valence-corrected chi connectivity index (χ0v) is 15.5. The Morgan fingerprint density at radius 1 is 1.26 bits per heavy atom. The van der Waals surface area contributed by atoms with Gasteiger partial charge in [-0.2, -0.15) is 0 Å². The molecule has 0 unspecified atom stereocenters. The molecule has 0 aliphatic rings. The van der Waals surface area contributed by atoms with Crippen molar-refractivity contribution in [2.24, 2.45) is 5.73 Å². The third kappa shape index (κ3) is 5.82. The van der Waals surface area contributed by atoms with Gasteiger partial charge < -0.3 is 25.5 Å². The van der Waals surface area contributed by atoms with Gasteiger partial charge in [-0.3, -0.25) is 9.59 Å². The van der Waals surface area contributed by atoms with Crippen molar-refractivity contribution in [3.05, 3.63) is 40.2 Å². The van der Waals surface area contributed by atoms with Crippen molar-refractivity contribution in [2.75, 3.05) is 25.5 Å². The quantitative estimate of drug-likeness (QED) is 0.442. The van der Waals surface area contributed by atoms with Crippen LogP contribution in [0.1, 0.15) is 24.8 Å². The summed E-state index contributed by atoms with van der Waals surface area (Å²) in [5, 5.41) is 12.2. The summed E-state index contributed by atoms with van der Waals surface area (Å²) < 4.78 is 5.34. The lowest BCUT2D eigenvalue weighted by Crippen LogP contribution is -2.31. The Balaban J connectivity index is 1.91. The van der Waals surface area contributed by atoms with Crippen LogP contribution >= 0.6 is 0 Å². The van der Waals surface area contributed by atoms with Crippen LogP contribution in [0.4, 0.5) is 5.69 Å². The van der Waals surface area contributed by atoms with Crippen LogP contribution in [0.5, 0.6) is 0 Å². The van der Waals surface area contributed by atoms with E-state index in [0.29, 0.717) is 37.0 Å². The molecule has 8 nitrogen and oxygen atoms in total. The molecule has 0 aliphatic heterocycles. The molecule has 1 heterocycles. The number of carbonyl (C=O) groups is 2. The van der Waals surface area contributed by atoms with E-state index in [1.807, 2.05) is 31.1 Å². The van der Waals surface area contributed by atoms with Crippen molar-refractivity contribution >= 4 is 28.5 Å². The summed E-state index contributed by atoms with van der Waals surface area (Å²) in [6.45, 7) is 0.399. The topological polar surface area (TPSA) is 126 Å². The SMILES string of the molecule is CN(C)c1ccc2cc(CC(=O)NCCCC[C@H](N)C(=O)O)c(=O)oc2c1. The average molecular weight is 375 g/mol. The zero-order valence-electron chi connectivity index (χ0n) is 15.5. The molecule has 1 atom stereocenters. The van der Waals surface area contributed by atoms with E-state index in [1.165, 1.54) is 0 Å². The number of hydrogen-bond donors (Lipinski definition) is 3. The maximum Gasteiger partial charge on any atom is 0.339 e. The predicted octanol–water partition coefficient (Wildman–Crippen LogP) is 1.10. The molecule has 4 N–H and O–H groups in total. The predicted molar refractivity (Wildman–Crippen MR) is 103 cm³/mol. The van der Waals surface area contributed by atoms with Crippen LogP contribution < -0.4 is 21.6 Å². The van der Waals surface area contributed by atoms with Gasteiger partial charge in [0, 0.05) is 43.3 Å². The van der Waals surface area contributed by atoms with Gasteiger partial charge in [-0.05, 0) is 37.5 Å². The minimum Gasteiger partial charge on any atom is -0.480 e. The van der Waals surface area contributed by atoms with Crippen LogP contribution in [0, 0.1) is 0 Å². The molecule has 1 amide bonds. The smallest absolute Gasteiger partial charge is 0.339 e. The summed E-state index contributed by atoms with van der Waals surface area (Å²) in [5.74, 6) is -1.31. The number of nitrogens with zero attached hydrogens (tertiary/aromatic N) is 1. The standard InChI is InChI=1S/C19H25N3O5/c1-22(2)14-7-6-12-9-13(19(26)27-16(12)11-14)10-17(23)21-8-4-3-5-15(20)18(24)25/h6-7,9,11,15H,3-5,8,10,20H2,1-2H3,(H,21,23)(H,24,25)/t15-/m0/s1. The van der Waals surface area contributed by atoms with E-state index in [0.717, 1.165) is 11.1 Å². The number of rotatable bonds is 9. The Morgan fingerprint density at radius 3 is 2.67 bits per heavy atom. The fourth-order valence-electron chi connectivity index (χ4n) is 2.62. The highest BCUT2D eigenvalue weighted by Gasteiger charge is 2.12. The van der Waals surface area contributed by atoms with E-state index in [2.05, 4.69) is 5.32 Å². The van der Waals surface area contributed by atoms with Gasteiger partial charge >= 0.3 is 11.6 Å². The average Bonchev–Trinajstić information content (AvgIpc) is 2.61. The fraction of sp³-hybridized carbons (Fsp3) is 0.421. The largest absolute Gasteiger partial charge is 0.480 e. The first-order chi connectivity index (χ1) is 12.8. The van der Waals surface area contributed by atoms with Crippen molar-refractivity contribution in [1.29, 1.82) is 0 Å². The first-order valence-corrected chi connectivity index (χ1v) is 8.77. The van der Waals surface area contributed by atoms with Crippen LogP contribution in [0.3, 0.4) is 0 Å². The van der Waals surface area contributed by atoms with Crippen molar-refractivity contribution in [2.45, 2.75) is 31.7 Å². The second kappa shape index (κ2) is 9.18. The molecule has 146 valence electrons. The Bertz CT molecular complexity index is 875. The summed E-state index contributed by atoms with van der Waals surface area (Å²) >= 11 is 0. The number of fused-ring (bicyclic) bond motifs is 1. The number of unbranched alkanes of at least 4 members (excludes halogenated alkanes) is 1. The van der Waals surface area contributed by atoms with Gasteiger partial charge in [0.05, 0.1) is 6.42 Å². The lowest BCUT2D eigenvalue weighted by molar-refractivity contribution is -0.138. The summed E-state index contributed by atoms with van der Waals surface area (Å²) in [7, 11) is 3.79. The lowest BCUT2D eigenvalue weighted by Gasteiger charge is -2.12. The number of hydrogen-bond acceptors (Lipinski definition) is 6. The molecular weight excluding hydrogens is 350 g/mol. The number of carboxylic acid groups (broad SMARTS) is 1. The summed E-state index contributed by atoms with van der Waals surface area (Å²) in [6, 6.07) is 6.33. The van der Waals surface area contributed by atoms with Crippen molar-refractivity contribution < 1.29 is 19.1 Å². The Morgan fingerprint density at radius 2 is 2.00 bits per heavy atom. The summed E-state index contributed by atoms with van der Waals surface area (Å²) in [4.78, 5) is 36.7. The second-order valence-electron chi connectivity index (χ2n) is 6.64. The molecule has 0 radical (unpaired) electrons. The van der Waals surface area contributed by atoms with E-state index in [4.69, 9.17) is 15.3 Å². The third-order valence-corrected chi connectivity index (χ3v) is 4.24. The van der Waals surface area contributed by atoms with Gasteiger partial charge in [0.25, 0.3) is 0 Å². The first-order valence-electron chi connectivity index (χ1n) is 8.77. The molecule has 0 bridgehead atoms. The monoisotopic (exact) mass is 375 g/mol. The Kier molecular flexibility index (Phi) is 6.95. The Labute approximate surface area is 156 Å². The number of amides is 1. The van der Waals surface area contributed by atoms with Gasteiger partial charge in [0.15, 0.2) is 0 Å². The Hall–Kier alpha value is -2.87. The maximum atomic E-state index is 12.1. The van der Waals surface area contributed by atoms with Crippen molar-refractivity contribution in [3.8, 4) is 0 Å². The van der Waals surface area contributed by atoms with E-state index < -0.39 is 17.6 Å². The van der Waals surface area contributed by atoms with Gasteiger partial charge in [-0.1, -0.05) is 0 Å². The van der Waals surface area contributed by atoms with E-state index in [9.17, 15) is 14.4 Å². The maximum absolute atomic E-state index is 12.1. The van der Waals surface area contributed by atoms with Crippen LogP contribution in [-0.2, 0) is 16.0 Å². The minimum absolute atomic E-state index is 0.0671. The molecule has 27 heavy (non-hydrogen) atoms. The summed E-state index contributed by atoms with van der Waals surface area (Å²) in [6.07, 6.45) is 1.50. The van der Waals surface area contributed by atoms with Gasteiger partial charge in [0.1, 0.15) is 11.6 Å². The van der Waals surface area contributed by atoms with E-state index in [1.54, 1.807) is 12.1 Å². The number of carboxylic acids is 1. The number of nitrogens with one attached hydrogen (secondary N) is 1. The molecule has 1 aromatic carbocycles. The molecule has 2 aromatic rings. The number of anilines is 1. The number of benzene rings is 1. The molecule has 0 spiro atoms. The van der Waals surface area contributed by atoms with Gasteiger partial charge in [-0.25, -0.2) is 4.79 Å². The zero-order chi connectivity index (χ0) is 20.0. The lowest BCUT2D eigenvalue weighted by atomic mass is 10.1. The van der Waals surface area contributed by atoms with Crippen molar-refractivity contribution in [1.82, 2.24) is 5.32 Å². The van der Waals surface area contributed by atoms with Gasteiger partial charge in [0.2, 0.25) is 5.91 Å². The van der Waals surface area contributed by atoms with Gasteiger partial charge in [-0.15, -0.1) is 0 Å². The highest BCUT2D eigenvalue weighted by molar-refractivity contribution is 5.83. The number of carbonyl (C=O) groups excluding carboxylic acids is 1. The minimum atomic E-state index is -1.03. The molecule has 0 saturated heterocycles. The molecule has 8 heteroatoms. The fourth-order valence-corrected chi connectivity index (χ4v) is 2.62. The number of nitrogens with two attached hydrogens (primary N) is 1. The molecule has 0 fully saturated rings. The second-order valence-corrected chi connectivity index (χ2v) is 6.64. The van der Waals surface area contributed by atoms with Crippen LogP contribution in [0.2, 0.25) is 0 Å². The molecular formula is C19H25N3O5. The molecule has 1 aromatic heterocycles. The highest BCUT2D eigenvalue weighted by atomic mass is 16.4. The van der Waals surface area contributed by atoms with Crippen molar-refractivity contribution in [3.63, 3.8) is 0 Å². The van der Waals surface area contributed by atoms with Crippen LogP contribution in [-0.4, -0.2) is 43.7 Å². The first kappa shape index (κ1) is 20.4. The van der Waals surface area contributed by atoms with Crippen LogP contribution in [0.15, 0.2) is 33.5 Å². The van der Waals surface area contributed by atoms with E-state index >= 15 is 0 Å². The molecule has 0 saturated carbocycles. The molecule has 2 rings (SSSR count). The number of aliphatic carboxylic acids is 1. The summed E-state index contributed by atoms with van der Waals surface area (Å²) in [5.41, 5.74) is 6.58. The third-order valence-electron chi connectivity index (χ3n) is 4.24.